The van der Waals surface area contributed by atoms with E-state index < -0.39 is 8.96 Å². The molecular weight excluding hydrogens is 153 g/mol. The summed E-state index contributed by atoms with van der Waals surface area (Å²) in [4.78, 5) is 28.3. The van der Waals surface area contributed by atoms with Crippen molar-refractivity contribution in [3.8, 4) is 0 Å². The van der Waals surface area contributed by atoms with Gasteiger partial charge in [0.05, 0.1) is 15.0 Å². The molecule has 0 radical (unpaired) electrons. The Balaban J connectivity index is 3.38. The number of carbonyl (C=O) groups is 2. The predicted octanol–water partition coefficient (Wildman–Crippen LogP) is -0.377. The van der Waals surface area contributed by atoms with Gasteiger partial charge in [-0.1, -0.05) is 0 Å². The number of rotatable bonds is 6. The molecule has 2 unspecified atom stereocenters. The van der Waals surface area contributed by atoms with Gasteiger partial charge in [0.25, 0.3) is 0 Å². The van der Waals surface area contributed by atoms with Gasteiger partial charge in [-0.15, -0.1) is 0 Å². The van der Waals surface area contributed by atoms with Crippen LogP contribution in [-0.4, -0.2) is 23.5 Å². The van der Waals surface area contributed by atoms with Gasteiger partial charge in [0, 0.05) is 6.42 Å². The summed E-state index contributed by atoms with van der Waals surface area (Å²) in [5.74, 6) is 0. The minimum absolute atomic E-state index is 0.348. The fraction of sp³-hybridized carbons (Fsp3) is 0.600. The maximum atomic E-state index is 10.1. The minimum Gasteiger partial charge on any atom is -0.361 e. The Morgan fingerprint density at radius 2 is 2.30 bits per heavy atom. The molecule has 0 bridgehead atoms. The predicted molar refractivity (Wildman–Crippen MR) is 38.8 cm³/mol. The molecule has 0 aliphatic heterocycles. The van der Waals surface area contributed by atoms with E-state index in [0.29, 0.717) is 19.1 Å². The zero-order valence-corrected chi connectivity index (χ0v) is 6.41. The van der Waals surface area contributed by atoms with E-state index in [9.17, 15) is 9.59 Å². The number of hydrogen-bond donors (Lipinski definition) is 2. The van der Waals surface area contributed by atoms with E-state index in [1.165, 1.54) is 0 Å². The fourth-order valence-electron chi connectivity index (χ4n) is 0.505. The highest BCUT2D eigenvalue weighted by molar-refractivity contribution is 7.28. The molecule has 58 valence electrons. The van der Waals surface area contributed by atoms with Crippen LogP contribution in [-0.2, 0) is 9.59 Å². The molecule has 0 aromatic rings. The zero-order chi connectivity index (χ0) is 7.82. The monoisotopic (exact) mass is 163 g/mol. The highest BCUT2D eigenvalue weighted by atomic mass is 31.1. The van der Waals surface area contributed by atoms with Crippen molar-refractivity contribution in [2.24, 2.45) is 0 Å². The van der Waals surface area contributed by atoms with Crippen molar-refractivity contribution in [3.63, 3.8) is 0 Å². The van der Waals surface area contributed by atoms with Crippen molar-refractivity contribution < 1.29 is 14.5 Å². The second-order valence-electron chi connectivity index (χ2n) is 1.74. The van der Waals surface area contributed by atoms with Gasteiger partial charge in [0.15, 0.2) is 0 Å². The van der Waals surface area contributed by atoms with Crippen LogP contribution in [0.15, 0.2) is 0 Å². The molecular formula is C5H10NO3P. The largest absolute Gasteiger partial charge is 0.361 e. The molecule has 10 heavy (non-hydrogen) atoms. The number of carbonyl (C=O) groups excluding carboxylic acids is 2. The van der Waals surface area contributed by atoms with E-state index in [4.69, 9.17) is 4.89 Å². The van der Waals surface area contributed by atoms with Crippen LogP contribution < -0.4 is 5.09 Å². The Bertz CT molecular complexity index is 109. The summed E-state index contributed by atoms with van der Waals surface area (Å²) in [7, 11) is -0.441. The molecule has 0 saturated carbocycles. The molecule has 5 heteroatoms. The van der Waals surface area contributed by atoms with Gasteiger partial charge < -0.3 is 14.5 Å². The first-order valence-corrected chi connectivity index (χ1v) is 3.83. The van der Waals surface area contributed by atoms with Crippen LogP contribution in [0.1, 0.15) is 12.8 Å². The van der Waals surface area contributed by atoms with Crippen LogP contribution >= 0.6 is 8.96 Å². The smallest absolute Gasteiger partial charge is 0.137 e. The number of nitrogens with one attached hydrogen (secondary N) is 1. The lowest BCUT2D eigenvalue weighted by Gasteiger charge is -2.05. The molecule has 4 nitrogen and oxygen atoms in total. The van der Waals surface area contributed by atoms with Gasteiger partial charge in [0.1, 0.15) is 12.6 Å². The van der Waals surface area contributed by atoms with Crippen molar-refractivity contribution >= 4 is 21.5 Å². The van der Waals surface area contributed by atoms with Crippen molar-refractivity contribution in [2.45, 2.75) is 18.9 Å². The van der Waals surface area contributed by atoms with Crippen molar-refractivity contribution in [1.82, 2.24) is 5.09 Å². The summed E-state index contributed by atoms with van der Waals surface area (Å²) in [5.41, 5.74) is 0. The molecule has 0 fully saturated rings. The Kier molecular flexibility index (Phi) is 6.59. The molecule has 0 rings (SSSR count). The van der Waals surface area contributed by atoms with Gasteiger partial charge >= 0.3 is 0 Å². The standard InChI is InChI=1S/C5H10NO3P/c7-3-1-2-5(4-8)6-10-9/h3-6,9-10H,1-2H2. The van der Waals surface area contributed by atoms with E-state index in [-0.39, 0.29) is 6.04 Å². The van der Waals surface area contributed by atoms with E-state index in [0.717, 1.165) is 6.29 Å². The van der Waals surface area contributed by atoms with Crippen LogP contribution in [0.5, 0.6) is 0 Å². The summed E-state index contributed by atoms with van der Waals surface area (Å²) in [5, 5.41) is 2.52. The highest BCUT2D eigenvalue weighted by Crippen LogP contribution is 1.99. The number of hydrogen-bond acceptors (Lipinski definition) is 4. The molecule has 0 heterocycles. The molecule has 0 aliphatic carbocycles. The lowest BCUT2D eigenvalue weighted by Crippen LogP contribution is -2.23. The summed E-state index contributed by atoms with van der Waals surface area (Å²) in [6.45, 7) is 0. The molecule has 0 spiro atoms. The molecule has 2 N–H and O–H groups in total. The first-order valence-electron chi connectivity index (χ1n) is 2.88. The van der Waals surface area contributed by atoms with Crippen molar-refractivity contribution in [1.29, 1.82) is 0 Å². The Morgan fingerprint density at radius 3 is 2.70 bits per heavy atom. The summed E-state index contributed by atoms with van der Waals surface area (Å²) < 4.78 is 0. The first kappa shape index (κ1) is 9.69. The molecule has 0 aliphatic rings. The van der Waals surface area contributed by atoms with Gasteiger partial charge in [-0.2, -0.15) is 0 Å². The maximum absolute atomic E-state index is 10.1. The van der Waals surface area contributed by atoms with Crippen molar-refractivity contribution in [3.05, 3.63) is 0 Å². The average Bonchev–Trinajstić information content (AvgIpc) is 1.98. The van der Waals surface area contributed by atoms with Gasteiger partial charge in [-0.3, -0.25) is 5.09 Å². The molecule has 0 aromatic heterocycles. The van der Waals surface area contributed by atoms with Crippen LogP contribution in [0.25, 0.3) is 0 Å². The van der Waals surface area contributed by atoms with E-state index in [1.54, 1.807) is 0 Å². The van der Waals surface area contributed by atoms with Crippen molar-refractivity contribution in [2.75, 3.05) is 0 Å². The maximum Gasteiger partial charge on any atom is 0.137 e. The van der Waals surface area contributed by atoms with Crippen LogP contribution in [0.3, 0.4) is 0 Å². The van der Waals surface area contributed by atoms with E-state index in [2.05, 4.69) is 5.09 Å². The van der Waals surface area contributed by atoms with Crippen LogP contribution in [0.2, 0.25) is 0 Å². The molecule has 0 saturated heterocycles. The third-order valence-corrected chi connectivity index (χ3v) is 1.51. The van der Waals surface area contributed by atoms with E-state index >= 15 is 0 Å². The van der Waals surface area contributed by atoms with Crippen LogP contribution in [0.4, 0.5) is 0 Å². The Hall–Kier alpha value is -0.310. The lowest BCUT2D eigenvalue weighted by atomic mass is 10.2. The second-order valence-corrected chi connectivity index (χ2v) is 2.26. The summed E-state index contributed by atoms with van der Waals surface area (Å²) in [6.07, 6.45) is 2.24. The lowest BCUT2D eigenvalue weighted by molar-refractivity contribution is -0.110. The van der Waals surface area contributed by atoms with Gasteiger partial charge in [-0.25, -0.2) is 0 Å². The van der Waals surface area contributed by atoms with Gasteiger partial charge in [0.2, 0.25) is 0 Å². The third-order valence-electron chi connectivity index (χ3n) is 1.01. The normalized spacial score (nSPS) is 13.7. The zero-order valence-electron chi connectivity index (χ0n) is 5.41. The van der Waals surface area contributed by atoms with E-state index in [1.807, 2.05) is 0 Å². The Morgan fingerprint density at radius 1 is 1.60 bits per heavy atom. The quantitative estimate of drug-likeness (QED) is 0.414. The molecule has 0 aromatic carbocycles. The topological polar surface area (TPSA) is 66.4 Å². The highest BCUT2D eigenvalue weighted by Gasteiger charge is 2.03. The average molecular weight is 163 g/mol. The molecule has 0 amide bonds. The summed E-state index contributed by atoms with van der Waals surface area (Å²) in [6, 6.07) is -0.381. The second kappa shape index (κ2) is 6.81. The van der Waals surface area contributed by atoms with Gasteiger partial charge in [-0.05, 0) is 6.42 Å². The minimum atomic E-state index is -0.441. The number of aldehydes is 2. The third kappa shape index (κ3) is 4.56. The van der Waals surface area contributed by atoms with Crippen LogP contribution in [0, 0.1) is 0 Å². The molecule has 2 atom stereocenters. The first-order chi connectivity index (χ1) is 4.85. The summed E-state index contributed by atoms with van der Waals surface area (Å²) >= 11 is 0. The fourth-order valence-corrected chi connectivity index (χ4v) is 0.883. The SMILES string of the molecule is O=CCCC(C=O)NPO. The Labute approximate surface area is 60.9 Å².